The van der Waals surface area contributed by atoms with E-state index in [-0.39, 0.29) is 6.61 Å². The molecule has 144 valence electrons. The van der Waals surface area contributed by atoms with Crippen LogP contribution in [-0.4, -0.2) is 58.8 Å². The first-order chi connectivity index (χ1) is 12.3. The average molecular weight is 379 g/mol. The van der Waals surface area contributed by atoms with Gasteiger partial charge in [0.25, 0.3) is 0 Å². The molecule has 0 fully saturated rings. The molecule has 1 aromatic rings. The van der Waals surface area contributed by atoms with Crippen LogP contribution in [0.15, 0.2) is 24.3 Å². The molecule has 0 aliphatic carbocycles. The molecule has 0 radical (unpaired) electrons. The zero-order valence-electron chi connectivity index (χ0n) is 14.4. The predicted octanol–water partition coefficient (Wildman–Crippen LogP) is 2.10. The Morgan fingerprint density at radius 3 is 2.64 bits per heavy atom. The van der Waals surface area contributed by atoms with Gasteiger partial charge in [0.1, 0.15) is 19.0 Å². The topological polar surface area (TPSA) is 81.4 Å². The summed E-state index contributed by atoms with van der Waals surface area (Å²) >= 11 is 1.61. The van der Waals surface area contributed by atoms with Gasteiger partial charge in [-0.25, -0.2) is 9.28 Å². The molecule has 0 bridgehead atoms. The standard InChI is InChI=1S/C16H26FNO6S/c1-19-24-23-16(18)13-25-12-14-3-2-4-15(11-14)22-10-9-21-8-7-20-6-5-17/h2-4,11,16H,5-10,12-13,18H2,1H3. The normalized spacial score (nSPS) is 12.3. The molecule has 0 saturated carbocycles. The van der Waals surface area contributed by atoms with Crippen LogP contribution in [0.2, 0.25) is 0 Å². The maximum absolute atomic E-state index is 11.8. The molecule has 0 spiro atoms. The van der Waals surface area contributed by atoms with Gasteiger partial charge in [-0.3, -0.25) is 0 Å². The summed E-state index contributed by atoms with van der Waals surface area (Å²) in [7, 11) is 1.34. The summed E-state index contributed by atoms with van der Waals surface area (Å²) in [6, 6.07) is 7.80. The van der Waals surface area contributed by atoms with E-state index in [9.17, 15) is 4.39 Å². The van der Waals surface area contributed by atoms with Crippen LogP contribution in [0.3, 0.4) is 0 Å². The van der Waals surface area contributed by atoms with Crippen molar-refractivity contribution in [3.63, 3.8) is 0 Å². The smallest absolute Gasteiger partial charge is 0.153 e. The van der Waals surface area contributed by atoms with Crippen molar-refractivity contribution < 1.29 is 33.4 Å². The zero-order chi connectivity index (χ0) is 18.2. The molecule has 0 amide bonds. The molecular formula is C16H26FNO6S. The number of rotatable bonds is 16. The van der Waals surface area contributed by atoms with Crippen LogP contribution in [-0.2, 0) is 30.0 Å². The van der Waals surface area contributed by atoms with Crippen molar-refractivity contribution in [2.24, 2.45) is 5.73 Å². The highest BCUT2D eigenvalue weighted by Gasteiger charge is 2.05. The van der Waals surface area contributed by atoms with Crippen molar-refractivity contribution in [2.75, 3.05) is 52.6 Å². The lowest BCUT2D eigenvalue weighted by molar-refractivity contribution is -0.514. The first-order valence-corrected chi connectivity index (χ1v) is 9.04. The Morgan fingerprint density at radius 2 is 1.88 bits per heavy atom. The second kappa shape index (κ2) is 15.3. The third-order valence-electron chi connectivity index (χ3n) is 2.77. The Hall–Kier alpha value is -0.940. The molecule has 0 saturated heterocycles. The van der Waals surface area contributed by atoms with E-state index < -0.39 is 12.9 Å². The molecule has 25 heavy (non-hydrogen) atoms. The minimum atomic E-state index is -0.560. The summed E-state index contributed by atoms with van der Waals surface area (Å²) in [5.74, 6) is 2.11. The SMILES string of the molecule is COOOC(N)CSCc1cccc(OCCOCCOCCF)c1. The highest BCUT2D eigenvalue weighted by molar-refractivity contribution is 7.98. The summed E-state index contributed by atoms with van der Waals surface area (Å²) in [5, 5.41) is 4.31. The second-order valence-corrected chi connectivity index (χ2v) is 5.82. The van der Waals surface area contributed by atoms with Gasteiger partial charge in [0, 0.05) is 11.5 Å². The van der Waals surface area contributed by atoms with Crippen molar-refractivity contribution in [3.05, 3.63) is 29.8 Å². The molecule has 1 unspecified atom stereocenters. The Kier molecular flexibility index (Phi) is 13.5. The molecular weight excluding hydrogens is 353 g/mol. The number of benzene rings is 1. The average Bonchev–Trinajstić information content (AvgIpc) is 2.62. The van der Waals surface area contributed by atoms with E-state index in [0.29, 0.717) is 32.2 Å². The number of hydrogen-bond acceptors (Lipinski definition) is 8. The summed E-state index contributed by atoms with van der Waals surface area (Å²) < 4.78 is 27.7. The fraction of sp³-hybridized carbons (Fsp3) is 0.625. The highest BCUT2D eigenvalue weighted by atomic mass is 32.2. The second-order valence-electron chi connectivity index (χ2n) is 4.79. The molecule has 0 aliphatic heterocycles. The summed E-state index contributed by atoms with van der Waals surface area (Å²) in [6.07, 6.45) is -0.560. The van der Waals surface area contributed by atoms with Crippen LogP contribution in [0.1, 0.15) is 5.56 Å². The number of halogens is 1. The first-order valence-electron chi connectivity index (χ1n) is 7.89. The van der Waals surface area contributed by atoms with Crippen LogP contribution >= 0.6 is 11.8 Å². The molecule has 0 aliphatic rings. The number of hydrogen-bond donors (Lipinski definition) is 1. The minimum absolute atomic E-state index is 0.112. The first kappa shape index (κ1) is 22.1. The summed E-state index contributed by atoms with van der Waals surface area (Å²) in [6.45, 7) is 1.34. The number of thioether (sulfide) groups is 1. The lowest BCUT2D eigenvalue weighted by Crippen LogP contribution is -2.26. The van der Waals surface area contributed by atoms with E-state index in [1.165, 1.54) is 7.11 Å². The van der Waals surface area contributed by atoms with Gasteiger partial charge < -0.3 is 19.9 Å². The van der Waals surface area contributed by atoms with Crippen LogP contribution < -0.4 is 10.5 Å². The molecule has 1 atom stereocenters. The van der Waals surface area contributed by atoms with Crippen molar-refractivity contribution >= 4 is 11.8 Å². The quantitative estimate of drug-likeness (QED) is 0.202. The van der Waals surface area contributed by atoms with Gasteiger partial charge in [-0.15, -0.1) is 0 Å². The maximum Gasteiger partial charge on any atom is 0.153 e. The van der Waals surface area contributed by atoms with Gasteiger partial charge in [0.2, 0.25) is 0 Å². The van der Waals surface area contributed by atoms with Crippen LogP contribution in [0, 0.1) is 0 Å². The monoisotopic (exact) mass is 379 g/mol. The maximum atomic E-state index is 11.8. The van der Waals surface area contributed by atoms with Crippen molar-refractivity contribution in [2.45, 2.75) is 12.0 Å². The van der Waals surface area contributed by atoms with Crippen molar-refractivity contribution in [1.29, 1.82) is 0 Å². The fourth-order valence-electron chi connectivity index (χ4n) is 1.73. The van der Waals surface area contributed by atoms with E-state index in [0.717, 1.165) is 17.1 Å². The van der Waals surface area contributed by atoms with Gasteiger partial charge >= 0.3 is 0 Å². The third-order valence-corrected chi connectivity index (χ3v) is 3.87. The van der Waals surface area contributed by atoms with E-state index in [1.807, 2.05) is 24.3 Å². The summed E-state index contributed by atoms with van der Waals surface area (Å²) in [4.78, 5) is 9.04. The lowest BCUT2D eigenvalue weighted by Gasteiger charge is -2.11. The molecule has 0 aromatic heterocycles. The minimum Gasteiger partial charge on any atom is -0.491 e. The number of nitrogens with two attached hydrogens (primary N) is 1. The Balaban J connectivity index is 2.13. The van der Waals surface area contributed by atoms with Gasteiger partial charge in [-0.1, -0.05) is 17.2 Å². The van der Waals surface area contributed by atoms with E-state index >= 15 is 0 Å². The molecule has 2 N–H and O–H groups in total. The van der Waals surface area contributed by atoms with Gasteiger partial charge in [-0.2, -0.15) is 16.6 Å². The Labute approximate surface area is 151 Å². The third kappa shape index (κ3) is 12.1. The zero-order valence-corrected chi connectivity index (χ0v) is 15.2. The van der Waals surface area contributed by atoms with Gasteiger partial charge in [0.15, 0.2) is 6.23 Å². The highest BCUT2D eigenvalue weighted by Crippen LogP contribution is 2.18. The Morgan fingerprint density at radius 1 is 1.12 bits per heavy atom. The largest absolute Gasteiger partial charge is 0.491 e. The number of alkyl halides is 1. The molecule has 0 heterocycles. The molecule has 1 rings (SSSR count). The lowest BCUT2D eigenvalue weighted by atomic mass is 10.2. The van der Waals surface area contributed by atoms with Gasteiger partial charge in [-0.05, 0) is 17.7 Å². The van der Waals surface area contributed by atoms with Crippen molar-refractivity contribution in [1.82, 2.24) is 0 Å². The van der Waals surface area contributed by atoms with Crippen molar-refractivity contribution in [3.8, 4) is 5.75 Å². The van der Waals surface area contributed by atoms with Crippen LogP contribution in [0.5, 0.6) is 5.75 Å². The Bertz CT molecular complexity index is 443. The molecule has 9 heteroatoms. The van der Waals surface area contributed by atoms with Crippen LogP contribution in [0.4, 0.5) is 4.39 Å². The van der Waals surface area contributed by atoms with Gasteiger partial charge in [0.05, 0.1) is 33.5 Å². The summed E-state index contributed by atoms with van der Waals surface area (Å²) in [5.41, 5.74) is 6.79. The fourth-order valence-corrected chi connectivity index (χ4v) is 2.55. The van der Waals surface area contributed by atoms with E-state index in [2.05, 4.69) is 9.93 Å². The van der Waals surface area contributed by atoms with Crippen LogP contribution in [0.25, 0.3) is 0 Å². The van der Waals surface area contributed by atoms with E-state index in [1.54, 1.807) is 11.8 Å². The molecule has 1 aromatic carbocycles. The predicted molar refractivity (Wildman–Crippen MR) is 92.9 cm³/mol. The molecule has 7 nitrogen and oxygen atoms in total. The number of ether oxygens (including phenoxy) is 3. The van der Waals surface area contributed by atoms with E-state index in [4.69, 9.17) is 24.8 Å².